The minimum absolute atomic E-state index is 0.665. The highest BCUT2D eigenvalue weighted by molar-refractivity contribution is 4.95. The van der Waals surface area contributed by atoms with Crippen molar-refractivity contribution in [1.82, 2.24) is 9.80 Å². The van der Waals surface area contributed by atoms with Crippen LogP contribution in [0.5, 0.6) is 0 Å². The van der Waals surface area contributed by atoms with Gasteiger partial charge in [0, 0.05) is 37.8 Å². The Morgan fingerprint density at radius 1 is 1.11 bits per heavy atom. The summed E-state index contributed by atoms with van der Waals surface area (Å²) < 4.78 is 0. The average molecular weight is 251 g/mol. The Labute approximate surface area is 112 Å². The van der Waals surface area contributed by atoms with Crippen LogP contribution in [0.25, 0.3) is 0 Å². The summed E-state index contributed by atoms with van der Waals surface area (Å²) in [4.78, 5) is 5.50. The number of nitrogens with zero attached hydrogens (tertiary/aromatic N) is 2. The minimum atomic E-state index is 0.665. The normalized spacial score (nSPS) is 37.0. The Balaban J connectivity index is 1.67. The predicted octanol–water partition coefficient (Wildman–Crippen LogP) is 1.67. The van der Waals surface area contributed by atoms with Crippen molar-refractivity contribution in [2.75, 3.05) is 26.2 Å². The number of nitrogens with two attached hydrogens (primary N) is 1. The van der Waals surface area contributed by atoms with Crippen molar-refractivity contribution in [2.45, 2.75) is 63.6 Å². The first-order chi connectivity index (χ1) is 8.79. The molecule has 3 atom stereocenters. The lowest BCUT2D eigenvalue weighted by molar-refractivity contribution is -0.0296. The van der Waals surface area contributed by atoms with Gasteiger partial charge in [-0.1, -0.05) is 12.8 Å². The molecular weight excluding hydrogens is 222 g/mol. The highest BCUT2D eigenvalue weighted by Crippen LogP contribution is 2.35. The number of piperidine rings is 1. The molecule has 3 aliphatic rings. The second-order valence-corrected chi connectivity index (χ2v) is 6.68. The number of hydrogen-bond donors (Lipinski definition) is 1. The van der Waals surface area contributed by atoms with Crippen molar-refractivity contribution in [2.24, 2.45) is 11.7 Å². The summed E-state index contributed by atoms with van der Waals surface area (Å²) >= 11 is 0. The third kappa shape index (κ3) is 2.33. The fourth-order valence-electron chi connectivity index (χ4n) is 4.26. The molecule has 0 radical (unpaired) electrons. The van der Waals surface area contributed by atoms with Crippen LogP contribution < -0.4 is 5.73 Å². The van der Waals surface area contributed by atoms with Crippen LogP contribution in [0, 0.1) is 5.92 Å². The second-order valence-electron chi connectivity index (χ2n) is 6.68. The topological polar surface area (TPSA) is 32.5 Å². The first-order valence-electron chi connectivity index (χ1n) is 7.99. The van der Waals surface area contributed by atoms with Gasteiger partial charge < -0.3 is 5.73 Å². The summed E-state index contributed by atoms with van der Waals surface area (Å²) in [6, 6.07) is 2.19. The van der Waals surface area contributed by atoms with Crippen molar-refractivity contribution >= 4 is 0 Å². The van der Waals surface area contributed by atoms with Crippen LogP contribution in [0.4, 0.5) is 0 Å². The van der Waals surface area contributed by atoms with Crippen molar-refractivity contribution in [3.05, 3.63) is 0 Å². The molecule has 0 spiro atoms. The Morgan fingerprint density at radius 2 is 1.94 bits per heavy atom. The summed E-state index contributed by atoms with van der Waals surface area (Å²) in [5.74, 6) is 0.896. The van der Waals surface area contributed by atoms with E-state index in [2.05, 4.69) is 16.7 Å². The first-order valence-corrected chi connectivity index (χ1v) is 7.99. The van der Waals surface area contributed by atoms with Gasteiger partial charge in [-0.15, -0.1) is 0 Å². The molecule has 2 aliphatic heterocycles. The van der Waals surface area contributed by atoms with Gasteiger partial charge in [0.2, 0.25) is 0 Å². The molecule has 1 aliphatic carbocycles. The molecule has 0 aromatic rings. The van der Waals surface area contributed by atoms with Crippen LogP contribution in [-0.2, 0) is 0 Å². The summed E-state index contributed by atoms with van der Waals surface area (Å²) in [6.07, 6.45) is 8.51. The van der Waals surface area contributed by atoms with Crippen LogP contribution in [0.15, 0.2) is 0 Å². The van der Waals surface area contributed by atoms with Gasteiger partial charge in [0.25, 0.3) is 0 Å². The molecule has 0 aromatic carbocycles. The third-order valence-electron chi connectivity index (χ3n) is 5.60. The average Bonchev–Trinajstić information content (AvgIpc) is 2.33. The first kappa shape index (κ1) is 12.9. The zero-order valence-corrected chi connectivity index (χ0v) is 11.9. The molecule has 3 rings (SSSR count). The molecule has 3 heteroatoms. The van der Waals surface area contributed by atoms with E-state index in [-0.39, 0.29) is 0 Å². The Hall–Kier alpha value is -0.120. The van der Waals surface area contributed by atoms with Gasteiger partial charge in [-0.3, -0.25) is 9.80 Å². The van der Waals surface area contributed by atoms with Gasteiger partial charge in [0.05, 0.1) is 0 Å². The summed E-state index contributed by atoms with van der Waals surface area (Å²) in [5.41, 5.74) is 6.09. The Morgan fingerprint density at radius 3 is 2.61 bits per heavy atom. The Kier molecular flexibility index (Phi) is 3.92. The van der Waals surface area contributed by atoms with E-state index in [0.29, 0.717) is 12.1 Å². The van der Waals surface area contributed by atoms with E-state index in [4.69, 9.17) is 5.73 Å². The zero-order chi connectivity index (χ0) is 12.5. The molecule has 18 heavy (non-hydrogen) atoms. The lowest BCUT2D eigenvalue weighted by Crippen LogP contribution is -2.63. The van der Waals surface area contributed by atoms with E-state index >= 15 is 0 Å². The second kappa shape index (κ2) is 5.48. The smallest absolute Gasteiger partial charge is 0.0250 e. The molecule has 3 unspecified atom stereocenters. The van der Waals surface area contributed by atoms with Gasteiger partial charge in [0.15, 0.2) is 0 Å². The number of rotatable bonds is 3. The van der Waals surface area contributed by atoms with E-state index in [0.717, 1.165) is 18.5 Å². The van der Waals surface area contributed by atoms with Crippen LogP contribution in [-0.4, -0.2) is 54.1 Å². The van der Waals surface area contributed by atoms with Crippen molar-refractivity contribution < 1.29 is 0 Å². The minimum Gasteiger partial charge on any atom is -0.329 e. The molecular formula is C15H29N3. The van der Waals surface area contributed by atoms with Gasteiger partial charge >= 0.3 is 0 Å². The molecule has 0 amide bonds. The van der Waals surface area contributed by atoms with Crippen LogP contribution in [0.2, 0.25) is 0 Å². The predicted molar refractivity (Wildman–Crippen MR) is 75.6 cm³/mol. The number of hydrogen-bond acceptors (Lipinski definition) is 3. The lowest BCUT2D eigenvalue weighted by Gasteiger charge is -2.52. The van der Waals surface area contributed by atoms with Crippen molar-refractivity contribution in [3.63, 3.8) is 0 Å². The molecule has 0 bridgehead atoms. The third-order valence-corrected chi connectivity index (χ3v) is 5.60. The highest BCUT2D eigenvalue weighted by atomic mass is 15.3. The zero-order valence-electron chi connectivity index (χ0n) is 11.9. The van der Waals surface area contributed by atoms with Gasteiger partial charge in [-0.2, -0.15) is 0 Å². The van der Waals surface area contributed by atoms with Crippen molar-refractivity contribution in [1.29, 1.82) is 0 Å². The fraction of sp³-hybridized carbons (Fsp3) is 1.00. The molecule has 2 heterocycles. The van der Waals surface area contributed by atoms with Gasteiger partial charge in [-0.25, -0.2) is 0 Å². The molecule has 2 saturated heterocycles. The Bertz CT molecular complexity index is 277. The molecule has 104 valence electrons. The van der Waals surface area contributed by atoms with Crippen LogP contribution >= 0.6 is 0 Å². The van der Waals surface area contributed by atoms with E-state index in [1.54, 1.807) is 0 Å². The van der Waals surface area contributed by atoms with Crippen LogP contribution in [0.3, 0.4) is 0 Å². The SMILES string of the molecule is CC1CN2CCCCC2CN1C(CN)C1CCC1. The molecule has 3 fully saturated rings. The number of fused-ring (bicyclic) bond motifs is 1. The summed E-state index contributed by atoms with van der Waals surface area (Å²) in [6.45, 7) is 7.15. The van der Waals surface area contributed by atoms with E-state index in [1.807, 2.05) is 0 Å². The van der Waals surface area contributed by atoms with E-state index in [1.165, 1.54) is 58.2 Å². The van der Waals surface area contributed by atoms with Gasteiger partial charge in [0.1, 0.15) is 0 Å². The maximum absolute atomic E-state index is 6.09. The molecule has 1 saturated carbocycles. The maximum atomic E-state index is 6.09. The van der Waals surface area contributed by atoms with Gasteiger partial charge in [-0.05, 0) is 45.1 Å². The molecule has 0 aromatic heterocycles. The lowest BCUT2D eigenvalue weighted by atomic mass is 9.78. The van der Waals surface area contributed by atoms with Crippen LogP contribution in [0.1, 0.15) is 45.4 Å². The molecule has 3 nitrogen and oxygen atoms in total. The molecule has 2 N–H and O–H groups in total. The van der Waals surface area contributed by atoms with Crippen molar-refractivity contribution in [3.8, 4) is 0 Å². The summed E-state index contributed by atoms with van der Waals surface area (Å²) in [7, 11) is 0. The standard InChI is InChI=1S/C15H29N3/c1-12-10-17-8-3-2-7-14(17)11-18(12)15(9-16)13-5-4-6-13/h12-15H,2-11,16H2,1H3. The van der Waals surface area contributed by atoms with E-state index in [9.17, 15) is 0 Å². The summed E-state index contributed by atoms with van der Waals surface area (Å²) in [5, 5.41) is 0. The quantitative estimate of drug-likeness (QED) is 0.828. The largest absolute Gasteiger partial charge is 0.329 e. The monoisotopic (exact) mass is 251 g/mol. The van der Waals surface area contributed by atoms with E-state index < -0.39 is 0 Å². The fourth-order valence-corrected chi connectivity index (χ4v) is 4.26. The maximum Gasteiger partial charge on any atom is 0.0250 e. The highest BCUT2D eigenvalue weighted by Gasteiger charge is 2.39. The number of piperazine rings is 1.